The summed E-state index contributed by atoms with van der Waals surface area (Å²) in [5.74, 6) is -0.437. The predicted octanol–water partition coefficient (Wildman–Crippen LogP) is 2.40. The van der Waals surface area contributed by atoms with Crippen LogP contribution in [0, 0.1) is 0 Å². The lowest BCUT2D eigenvalue weighted by molar-refractivity contribution is 0.0696. The Kier molecular flexibility index (Phi) is 4.70. The third kappa shape index (κ3) is 3.46. The number of carboxylic acid groups (broad SMARTS) is 1. The zero-order chi connectivity index (χ0) is 15.4. The molecule has 2 rings (SSSR count). The Bertz CT molecular complexity index is 654. The van der Waals surface area contributed by atoms with Crippen molar-refractivity contribution in [1.29, 1.82) is 0 Å². The number of carbonyl (C=O) groups is 1. The van der Waals surface area contributed by atoms with Crippen molar-refractivity contribution in [2.24, 2.45) is 7.05 Å². The van der Waals surface area contributed by atoms with E-state index in [-0.39, 0.29) is 10.6 Å². The maximum Gasteiger partial charge on any atom is 0.335 e. The second-order valence-electron chi connectivity index (χ2n) is 4.34. The number of ether oxygens (including phenoxy) is 2. The van der Waals surface area contributed by atoms with E-state index in [0.717, 1.165) is 5.69 Å². The van der Waals surface area contributed by atoms with Gasteiger partial charge in [-0.1, -0.05) is 11.6 Å². The van der Waals surface area contributed by atoms with E-state index in [4.69, 9.17) is 26.2 Å². The summed E-state index contributed by atoms with van der Waals surface area (Å²) < 4.78 is 12.5. The zero-order valence-electron chi connectivity index (χ0n) is 11.7. The summed E-state index contributed by atoms with van der Waals surface area (Å²) >= 11 is 6.06. The fourth-order valence-electron chi connectivity index (χ4n) is 1.89. The van der Waals surface area contributed by atoms with Crippen LogP contribution >= 0.6 is 11.6 Å². The molecule has 0 unspecified atom stereocenters. The Balaban J connectivity index is 2.12. The molecule has 0 radical (unpaired) electrons. The number of nitrogens with zero attached hydrogens (tertiary/aromatic N) is 2. The first-order valence-electron chi connectivity index (χ1n) is 6.23. The number of carboxylic acids is 1. The summed E-state index contributed by atoms with van der Waals surface area (Å²) in [6, 6.07) is 4.62. The third-order valence-electron chi connectivity index (χ3n) is 3.00. The van der Waals surface area contributed by atoms with Crippen molar-refractivity contribution in [1.82, 2.24) is 9.78 Å². The summed E-state index contributed by atoms with van der Waals surface area (Å²) in [4.78, 5) is 11.0. The molecule has 1 aromatic heterocycles. The summed E-state index contributed by atoms with van der Waals surface area (Å²) in [6.07, 6.45) is 2.36. The first-order valence-corrected chi connectivity index (χ1v) is 6.61. The molecule has 21 heavy (non-hydrogen) atoms. The van der Waals surface area contributed by atoms with Crippen molar-refractivity contribution in [2.45, 2.75) is 6.42 Å². The monoisotopic (exact) mass is 310 g/mol. The van der Waals surface area contributed by atoms with Crippen molar-refractivity contribution >= 4 is 17.6 Å². The van der Waals surface area contributed by atoms with Gasteiger partial charge < -0.3 is 14.6 Å². The predicted molar refractivity (Wildman–Crippen MR) is 77.4 cm³/mol. The molecule has 7 heteroatoms. The van der Waals surface area contributed by atoms with Crippen LogP contribution in [0.4, 0.5) is 0 Å². The molecule has 1 N–H and O–H groups in total. The standard InChI is InChI=1S/C14H15ClN2O4/c1-17-10(3-5-16-17)4-6-21-13-11(15)7-9(14(18)19)8-12(13)20-2/h3,5,7-8H,4,6H2,1-2H3,(H,18,19). The van der Waals surface area contributed by atoms with Crippen LogP contribution < -0.4 is 9.47 Å². The van der Waals surface area contributed by atoms with Gasteiger partial charge in [-0.3, -0.25) is 4.68 Å². The number of hydrogen-bond donors (Lipinski definition) is 1. The number of hydrogen-bond acceptors (Lipinski definition) is 4. The van der Waals surface area contributed by atoms with Crippen molar-refractivity contribution in [3.05, 3.63) is 40.7 Å². The van der Waals surface area contributed by atoms with Crippen LogP contribution in [-0.2, 0) is 13.5 Å². The van der Waals surface area contributed by atoms with Gasteiger partial charge in [-0.25, -0.2) is 4.79 Å². The minimum absolute atomic E-state index is 0.0517. The Morgan fingerprint density at radius 2 is 2.24 bits per heavy atom. The highest BCUT2D eigenvalue weighted by Crippen LogP contribution is 2.36. The number of aryl methyl sites for hydroxylation is 1. The lowest BCUT2D eigenvalue weighted by atomic mass is 10.2. The zero-order valence-corrected chi connectivity index (χ0v) is 12.4. The second-order valence-corrected chi connectivity index (χ2v) is 4.75. The van der Waals surface area contributed by atoms with Gasteiger partial charge in [0.25, 0.3) is 0 Å². The summed E-state index contributed by atoms with van der Waals surface area (Å²) in [5.41, 5.74) is 1.07. The first-order chi connectivity index (χ1) is 10.0. The van der Waals surface area contributed by atoms with Gasteiger partial charge in [0.05, 0.1) is 24.3 Å². The maximum absolute atomic E-state index is 11.0. The van der Waals surface area contributed by atoms with Crippen LogP contribution in [-0.4, -0.2) is 34.6 Å². The molecule has 0 bridgehead atoms. The second kappa shape index (κ2) is 6.49. The van der Waals surface area contributed by atoms with E-state index in [1.54, 1.807) is 10.9 Å². The molecule has 0 atom stereocenters. The first kappa shape index (κ1) is 15.2. The fourth-order valence-corrected chi connectivity index (χ4v) is 2.15. The van der Waals surface area contributed by atoms with E-state index < -0.39 is 5.97 Å². The molecular formula is C14H15ClN2O4. The Morgan fingerprint density at radius 1 is 1.48 bits per heavy atom. The molecule has 0 spiro atoms. The van der Waals surface area contributed by atoms with Crippen LogP contribution in [0.3, 0.4) is 0 Å². The summed E-state index contributed by atoms with van der Waals surface area (Å²) in [6.45, 7) is 0.377. The number of rotatable bonds is 6. The van der Waals surface area contributed by atoms with Gasteiger partial charge in [0.2, 0.25) is 0 Å². The van der Waals surface area contributed by atoms with Crippen LogP contribution in [0.1, 0.15) is 16.1 Å². The number of benzene rings is 1. The van der Waals surface area contributed by atoms with Crippen LogP contribution in [0.2, 0.25) is 5.02 Å². The van der Waals surface area contributed by atoms with Crippen LogP contribution in [0.5, 0.6) is 11.5 Å². The Morgan fingerprint density at radius 3 is 2.81 bits per heavy atom. The number of aromatic nitrogens is 2. The largest absolute Gasteiger partial charge is 0.493 e. The molecular weight excluding hydrogens is 296 g/mol. The van der Waals surface area contributed by atoms with E-state index in [0.29, 0.717) is 24.5 Å². The lowest BCUT2D eigenvalue weighted by Crippen LogP contribution is -2.07. The SMILES string of the molecule is COc1cc(C(=O)O)cc(Cl)c1OCCc1ccnn1C. The minimum atomic E-state index is -1.07. The number of aromatic carboxylic acids is 1. The normalized spacial score (nSPS) is 10.4. The number of methoxy groups -OCH3 is 1. The highest BCUT2D eigenvalue weighted by atomic mass is 35.5. The summed E-state index contributed by atoms with van der Waals surface area (Å²) in [7, 11) is 3.29. The van der Waals surface area contributed by atoms with Gasteiger partial charge in [-0.15, -0.1) is 0 Å². The fraction of sp³-hybridized carbons (Fsp3) is 0.286. The molecule has 6 nitrogen and oxygen atoms in total. The molecule has 2 aromatic rings. The molecule has 0 aliphatic rings. The molecule has 0 saturated carbocycles. The number of halogens is 1. The average molecular weight is 311 g/mol. The molecule has 0 aliphatic heterocycles. The average Bonchev–Trinajstić information content (AvgIpc) is 2.85. The molecule has 1 heterocycles. The van der Waals surface area contributed by atoms with E-state index >= 15 is 0 Å². The minimum Gasteiger partial charge on any atom is -0.493 e. The van der Waals surface area contributed by atoms with Crippen LogP contribution in [0.25, 0.3) is 0 Å². The van der Waals surface area contributed by atoms with Crippen molar-refractivity contribution in [3.63, 3.8) is 0 Å². The van der Waals surface area contributed by atoms with Crippen molar-refractivity contribution < 1.29 is 19.4 Å². The highest BCUT2D eigenvalue weighted by molar-refractivity contribution is 6.32. The maximum atomic E-state index is 11.0. The van der Waals surface area contributed by atoms with Crippen molar-refractivity contribution in [2.75, 3.05) is 13.7 Å². The van der Waals surface area contributed by atoms with E-state index in [9.17, 15) is 4.79 Å². The lowest BCUT2D eigenvalue weighted by Gasteiger charge is -2.13. The molecule has 112 valence electrons. The van der Waals surface area contributed by atoms with E-state index in [1.807, 2.05) is 13.1 Å². The van der Waals surface area contributed by atoms with Gasteiger partial charge in [-0.2, -0.15) is 5.10 Å². The molecule has 0 amide bonds. The Hall–Kier alpha value is -2.21. The van der Waals surface area contributed by atoms with Gasteiger partial charge in [0.1, 0.15) is 0 Å². The van der Waals surface area contributed by atoms with E-state index in [1.165, 1.54) is 19.2 Å². The molecule has 0 aliphatic carbocycles. The molecule has 0 fully saturated rings. The van der Waals surface area contributed by atoms with Gasteiger partial charge in [-0.05, 0) is 18.2 Å². The topological polar surface area (TPSA) is 73.6 Å². The Labute approximate surface area is 126 Å². The van der Waals surface area contributed by atoms with Crippen molar-refractivity contribution in [3.8, 4) is 11.5 Å². The highest BCUT2D eigenvalue weighted by Gasteiger charge is 2.15. The quantitative estimate of drug-likeness (QED) is 0.887. The molecule has 1 aromatic carbocycles. The van der Waals surface area contributed by atoms with Gasteiger partial charge >= 0.3 is 5.97 Å². The molecule has 0 saturated heterocycles. The van der Waals surface area contributed by atoms with Gasteiger partial charge in [0, 0.05) is 25.4 Å². The van der Waals surface area contributed by atoms with Gasteiger partial charge in [0.15, 0.2) is 11.5 Å². The summed E-state index contributed by atoms with van der Waals surface area (Å²) in [5, 5.41) is 13.3. The smallest absolute Gasteiger partial charge is 0.335 e. The third-order valence-corrected chi connectivity index (χ3v) is 3.28. The van der Waals surface area contributed by atoms with Crippen LogP contribution in [0.15, 0.2) is 24.4 Å². The van der Waals surface area contributed by atoms with E-state index in [2.05, 4.69) is 5.10 Å².